The molecule has 0 radical (unpaired) electrons. The fourth-order valence-corrected chi connectivity index (χ4v) is 5.33. The number of likely N-dealkylation sites (tertiary alicyclic amines) is 1. The monoisotopic (exact) mass is 524 g/mol. The second-order valence-corrected chi connectivity index (χ2v) is 9.50. The Kier molecular flexibility index (Phi) is 6.88. The number of rotatable bonds is 6. The number of ether oxygens (including phenoxy) is 2. The van der Waals surface area contributed by atoms with Crippen LogP contribution in [-0.2, 0) is 4.74 Å². The molecule has 1 saturated carbocycles. The van der Waals surface area contributed by atoms with E-state index in [4.69, 9.17) is 9.47 Å². The average Bonchev–Trinajstić information content (AvgIpc) is 3.45. The predicted octanol–water partition coefficient (Wildman–Crippen LogP) is 3.82. The molecule has 1 aliphatic carbocycles. The van der Waals surface area contributed by atoms with Crippen LogP contribution in [-0.4, -0.2) is 79.3 Å². The molecular formula is C25H28F4N4O4. The first kappa shape index (κ1) is 25.5. The first-order valence-corrected chi connectivity index (χ1v) is 12.2. The summed E-state index contributed by atoms with van der Waals surface area (Å²) in [5.74, 6) is -1.89. The fraction of sp³-hybridized carbons (Fsp3) is 0.520. The fourth-order valence-electron chi connectivity index (χ4n) is 5.33. The number of anilines is 2. The lowest BCUT2D eigenvalue weighted by Crippen LogP contribution is -2.38. The van der Waals surface area contributed by atoms with Crippen molar-refractivity contribution in [3.8, 4) is 17.0 Å². The molecule has 12 heteroatoms. The lowest BCUT2D eigenvalue weighted by atomic mass is 10.00. The Balaban J connectivity index is 1.42. The normalized spacial score (nSPS) is 23.1. The van der Waals surface area contributed by atoms with Gasteiger partial charge in [-0.1, -0.05) is 0 Å². The molecule has 3 atom stereocenters. The minimum absolute atomic E-state index is 0.0413. The van der Waals surface area contributed by atoms with Crippen molar-refractivity contribution in [2.45, 2.75) is 25.6 Å². The van der Waals surface area contributed by atoms with Crippen molar-refractivity contribution in [2.24, 2.45) is 11.8 Å². The van der Waals surface area contributed by atoms with Crippen LogP contribution in [0.2, 0.25) is 0 Å². The summed E-state index contributed by atoms with van der Waals surface area (Å²) in [6.07, 6.45) is -4.08. The Morgan fingerprint density at radius 1 is 1.22 bits per heavy atom. The maximum Gasteiger partial charge on any atom is 0.394 e. The molecular weight excluding hydrogens is 496 g/mol. The first-order chi connectivity index (χ1) is 17.7. The zero-order valence-corrected chi connectivity index (χ0v) is 20.2. The Morgan fingerprint density at radius 3 is 2.65 bits per heavy atom. The van der Waals surface area contributed by atoms with Gasteiger partial charge in [0, 0.05) is 31.7 Å². The molecule has 5 rings (SSSR count). The van der Waals surface area contributed by atoms with Crippen molar-refractivity contribution in [2.75, 3.05) is 56.3 Å². The summed E-state index contributed by atoms with van der Waals surface area (Å²) >= 11 is 0. The van der Waals surface area contributed by atoms with Crippen LogP contribution in [0.15, 0.2) is 24.3 Å². The Hall–Kier alpha value is -3.12. The molecule has 2 aliphatic heterocycles. The van der Waals surface area contributed by atoms with E-state index in [9.17, 15) is 27.5 Å². The van der Waals surface area contributed by atoms with Crippen molar-refractivity contribution in [1.82, 2.24) is 9.88 Å². The van der Waals surface area contributed by atoms with Gasteiger partial charge in [-0.15, -0.1) is 0 Å². The Morgan fingerprint density at radius 2 is 1.97 bits per heavy atom. The number of hydrogen-bond donors (Lipinski definition) is 2. The number of halogens is 4. The summed E-state index contributed by atoms with van der Waals surface area (Å²) < 4.78 is 65.4. The minimum Gasteiger partial charge on any atom is -0.475 e. The van der Waals surface area contributed by atoms with Gasteiger partial charge < -0.3 is 29.7 Å². The Bertz CT molecular complexity index is 1170. The first-order valence-electron chi connectivity index (χ1n) is 12.2. The van der Waals surface area contributed by atoms with Crippen molar-refractivity contribution in [3.05, 3.63) is 35.6 Å². The molecule has 2 saturated heterocycles. The number of piperidine rings is 1. The number of hydrogen-bond acceptors (Lipinski definition) is 6. The highest BCUT2D eigenvalue weighted by Crippen LogP contribution is 2.58. The topological polar surface area (TPSA) is 87.2 Å². The van der Waals surface area contributed by atoms with Gasteiger partial charge in [0.25, 0.3) is 0 Å². The van der Waals surface area contributed by atoms with Crippen LogP contribution >= 0.6 is 0 Å². The minimum atomic E-state index is -4.36. The molecule has 2 amide bonds. The molecule has 2 N–H and O–H groups in total. The number of benzene rings is 1. The number of aryl methyl sites for hydroxylation is 1. The van der Waals surface area contributed by atoms with E-state index in [0.717, 1.165) is 4.90 Å². The van der Waals surface area contributed by atoms with Crippen molar-refractivity contribution in [1.29, 1.82) is 0 Å². The second-order valence-electron chi connectivity index (χ2n) is 9.50. The predicted molar refractivity (Wildman–Crippen MR) is 127 cm³/mol. The summed E-state index contributed by atoms with van der Waals surface area (Å²) in [5.41, 5.74) is 1.71. The maximum atomic E-state index is 14.9. The smallest absolute Gasteiger partial charge is 0.394 e. The molecule has 3 aliphatic rings. The van der Waals surface area contributed by atoms with Gasteiger partial charge in [0.05, 0.1) is 31.4 Å². The molecule has 1 aromatic carbocycles. The number of urea groups is 1. The largest absolute Gasteiger partial charge is 0.475 e. The standard InChI is InChI=1S/C25H28F4N4O4/c1-14-10-18(26)19(30-24(35)33-3-2-16-22(23(16)33)25(27,28)29)13-17(14)15-11-20(32-4-7-36-8-5-32)31-21(12-15)37-9-6-34/h10-13,16,22-23,34H,2-9H2,1H3,(H,30,35). The number of carbonyl (C=O) groups excluding carboxylic acids is 1. The lowest BCUT2D eigenvalue weighted by molar-refractivity contribution is -0.156. The van der Waals surface area contributed by atoms with Crippen molar-refractivity contribution < 1.29 is 36.9 Å². The number of morpholine rings is 1. The number of aliphatic hydroxyl groups is 1. The number of pyridine rings is 1. The van der Waals surface area contributed by atoms with Crippen LogP contribution < -0.4 is 15.0 Å². The van der Waals surface area contributed by atoms with Gasteiger partial charge in [-0.2, -0.15) is 18.2 Å². The molecule has 0 bridgehead atoms. The van der Waals surface area contributed by atoms with Gasteiger partial charge in [-0.05, 0) is 54.2 Å². The number of nitrogens with zero attached hydrogens (tertiary/aromatic N) is 3. The highest BCUT2D eigenvalue weighted by molar-refractivity contribution is 5.91. The van der Waals surface area contributed by atoms with E-state index in [1.54, 1.807) is 13.0 Å². The van der Waals surface area contributed by atoms with E-state index in [-0.39, 0.29) is 37.7 Å². The van der Waals surface area contributed by atoms with Crippen LogP contribution in [0, 0.1) is 24.6 Å². The quantitative estimate of drug-likeness (QED) is 0.559. The molecule has 3 heterocycles. The number of carbonyl (C=O) groups is 1. The number of amides is 2. The van der Waals surface area contributed by atoms with E-state index >= 15 is 0 Å². The number of aromatic nitrogens is 1. The number of nitrogens with one attached hydrogen (secondary N) is 1. The summed E-state index contributed by atoms with van der Waals surface area (Å²) in [7, 11) is 0. The van der Waals surface area contributed by atoms with E-state index < -0.39 is 35.9 Å². The van der Waals surface area contributed by atoms with Crippen molar-refractivity contribution in [3.63, 3.8) is 0 Å². The van der Waals surface area contributed by atoms with Gasteiger partial charge in [0.2, 0.25) is 5.88 Å². The third-order valence-electron chi connectivity index (χ3n) is 7.16. The molecule has 200 valence electrons. The van der Waals surface area contributed by atoms with Gasteiger partial charge >= 0.3 is 12.2 Å². The molecule has 3 fully saturated rings. The zero-order chi connectivity index (χ0) is 26.3. The molecule has 8 nitrogen and oxygen atoms in total. The zero-order valence-electron chi connectivity index (χ0n) is 20.2. The van der Waals surface area contributed by atoms with E-state index in [1.165, 1.54) is 12.1 Å². The molecule has 2 aromatic rings. The third-order valence-corrected chi connectivity index (χ3v) is 7.16. The Labute approximate surface area is 211 Å². The molecule has 0 spiro atoms. The van der Waals surface area contributed by atoms with Gasteiger partial charge in [0.1, 0.15) is 18.2 Å². The van der Waals surface area contributed by atoms with E-state index in [2.05, 4.69) is 10.3 Å². The summed E-state index contributed by atoms with van der Waals surface area (Å²) in [5, 5.41) is 11.7. The van der Waals surface area contributed by atoms with E-state index in [0.29, 0.717) is 48.8 Å². The third kappa shape index (κ3) is 5.17. The lowest BCUT2D eigenvalue weighted by Gasteiger charge is -2.28. The SMILES string of the molecule is Cc1cc(F)c(NC(=O)N2CCC3C2C3C(F)(F)F)cc1-c1cc(OCCO)nc(N2CCOCC2)c1. The van der Waals surface area contributed by atoms with Crippen LogP contribution in [0.5, 0.6) is 5.88 Å². The second kappa shape index (κ2) is 9.97. The summed E-state index contributed by atoms with van der Waals surface area (Å²) in [6, 6.07) is 4.59. The molecule has 37 heavy (non-hydrogen) atoms. The number of alkyl halides is 3. The maximum absolute atomic E-state index is 14.9. The van der Waals surface area contributed by atoms with Crippen LogP contribution in [0.1, 0.15) is 12.0 Å². The van der Waals surface area contributed by atoms with E-state index in [1.807, 2.05) is 11.0 Å². The van der Waals surface area contributed by atoms with Gasteiger partial charge in [-0.3, -0.25) is 0 Å². The average molecular weight is 525 g/mol. The van der Waals surface area contributed by atoms with Crippen LogP contribution in [0.3, 0.4) is 0 Å². The highest BCUT2D eigenvalue weighted by atomic mass is 19.4. The number of fused-ring (bicyclic) bond motifs is 1. The summed E-state index contributed by atoms with van der Waals surface area (Å²) in [4.78, 5) is 20.6. The molecule has 3 unspecified atom stereocenters. The van der Waals surface area contributed by atoms with Crippen LogP contribution in [0.4, 0.5) is 33.9 Å². The highest BCUT2D eigenvalue weighted by Gasteiger charge is 2.69. The van der Waals surface area contributed by atoms with Crippen LogP contribution in [0.25, 0.3) is 11.1 Å². The summed E-state index contributed by atoms with van der Waals surface area (Å²) in [6.45, 7) is 4.09. The van der Waals surface area contributed by atoms with Gasteiger partial charge in [-0.25, -0.2) is 9.18 Å². The van der Waals surface area contributed by atoms with Crippen molar-refractivity contribution >= 4 is 17.5 Å². The van der Waals surface area contributed by atoms with Gasteiger partial charge in [0.15, 0.2) is 0 Å². The molecule has 1 aromatic heterocycles. The number of aliphatic hydroxyl groups excluding tert-OH is 1.